The Morgan fingerprint density at radius 3 is 2.88 bits per heavy atom. The molecule has 0 atom stereocenters. The van der Waals surface area contributed by atoms with Crippen molar-refractivity contribution in [1.29, 1.82) is 0 Å². The molecule has 0 aliphatic carbocycles. The van der Waals surface area contributed by atoms with Gasteiger partial charge in [0.25, 0.3) is 0 Å². The van der Waals surface area contributed by atoms with Crippen molar-refractivity contribution >= 4 is 28.3 Å². The highest BCUT2D eigenvalue weighted by atomic mass is 32.1. The van der Waals surface area contributed by atoms with E-state index in [9.17, 15) is 4.79 Å². The first kappa shape index (κ1) is 16.0. The molecule has 2 heterocycles. The van der Waals surface area contributed by atoms with E-state index in [-0.39, 0.29) is 6.03 Å². The fourth-order valence-corrected chi connectivity index (χ4v) is 2.90. The molecule has 0 radical (unpaired) electrons. The van der Waals surface area contributed by atoms with Crippen LogP contribution in [0, 0.1) is 6.92 Å². The Bertz CT molecular complexity index is 840. The number of rotatable bonds is 5. The molecule has 3 N–H and O–H groups in total. The molecule has 2 aromatic heterocycles. The highest BCUT2D eigenvalue weighted by Crippen LogP contribution is 2.18. The van der Waals surface area contributed by atoms with Gasteiger partial charge in [0.2, 0.25) is 0 Å². The van der Waals surface area contributed by atoms with Crippen molar-refractivity contribution < 1.29 is 4.79 Å². The van der Waals surface area contributed by atoms with E-state index >= 15 is 0 Å². The maximum atomic E-state index is 12.1. The van der Waals surface area contributed by atoms with Crippen LogP contribution in [-0.2, 0) is 6.54 Å². The molecule has 0 aliphatic heterocycles. The van der Waals surface area contributed by atoms with Crippen molar-refractivity contribution in [3.63, 3.8) is 0 Å². The first-order valence-corrected chi connectivity index (χ1v) is 8.32. The molecule has 2 amide bonds. The molecule has 0 fully saturated rings. The van der Waals surface area contributed by atoms with Gasteiger partial charge in [0.05, 0.1) is 24.1 Å². The summed E-state index contributed by atoms with van der Waals surface area (Å²) in [5.74, 6) is 0.607. The number of para-hydroxylation sites is 1. The first-order chi connectivity index (χ1) is 11.7. The van der Waals surface area contributed by atoms with E-state index in [0.717, 1.165) is 22.1 Å². The third-order valence-electron chi connectivity index (χ3n) is 3.42. The van der Waals surface area contributed by atoms with E-state index in [1.807, 2.05) is 43.6 Å². The largest absolute Gasteiger partial charge is 0.365 e. The van der Waals surface area contributed by atoms with Gasteiger partial charge in [-0.1, -0.05) is 18.2 Å². The smallest absolute Gasteiger partial charge is 0.320 e. The molecule has 0 saturated carbocycles. The lowest BCUT2D eigenvalue weighted by Crippen LogP contribution is -2.29. The predicted octanol–water partition coefficient (Wildman–Crippen LogP) is 3.00. The lowest BCUT2D eigenvalue weighted by atomic mass is 10.2. The molecule has 0 bridgehead atoms. The average Bonchev–Trinajstić information content (AvgIpc) is 3.22. The summed E-state index contributed by atoms with van der Waals surface area (Å²) in [4.78, 5) is 16.4. The average molecular weight is 342 g/mol. The van der Waals surface area contributed by atoms with Crippen LogP contribution in [0.15, 0.2) is 41.9 Å². The summed E-state index contributed by atoms with van der Waals surface area (Å²) < 4.78 is 1.71. The van der Waals surface area contributed by atoms with Crippen LogP contribution >= 0.6 is 11.3 Å². The van der Waals surface area contributed by atoms with Crippen LogP contribution in [0.4, 0.5) is 15.7 Å². The number of hydrogen-bond acceptors (Lipinski definition) is 5. The summed E-state index contributed by atoms with van der Waals surface area (Å²) in [7, 11) is 1.81. The number of aryl methyl sites for hydroxylation is 1. The first-order valence-electron chi connectivity index (χ1n) is 7.44. The second-order valence-corrected chi connectivity index (χ2v) is 5.97. The van der Waals surface area contributed by atoms with E-state index < -0.39 is 0 Å². The number of carbonyl (C=O) groups is 1. The molecule has 0 spiro atoms. The minimum absolute atomic E-state index is 0.302. The van der Waals surface area contributed by atoms with Gasteiger partial charge in [-0.15, -0.1) is 11.3 Å². The van der Waals surface area contributed by atoms with E-state index in [4.69, 9.17) is 0 Å². The highest BCUT2D eigenvalue weighted by molar-refractivity contribution is 7.13. The molecular formula is C16H18N6OS. The normalized spacial score (nSPS) is 10.4. The summed E-state index contributed by atoms with van der Waals surface area (Å²) in [6, 6.07) is 9.32. The number of amides is 2. The van der Waals surface area contributed by atoms with Gasteiger partial charge < -0.3 is 10.6 Å². The number of thiazole rings is 1. The van der Waals surface area contributed by atoms with Gasteiger partial charge in [0.15, 0.2) is 5.13 Å². The molecule has 7 nitrogen and oxygen atoms in total. The van der Waals surface area contributed by atoms with Gasteiger partial charge in [-0.05, 0) is 18.6 Å². The summed E-state index contributed by atoms with van der Waals surface area (Å²) in [5.41, 5.74) is 2.81. The maximum absolute atomic E-state index is 12.1. The van der Waals surface area contributed by atoms with Crippen LogP contribution in [-0.4, -0.2) is 27.8 Å². The van der Waals surface area contributed by atoms with Gasteiger partial charge in [-0.3, -0.25) is 5.32 Å². The van der Waals surface area contributed by atoms with Gasteiger partial charge in [0.1, 0.15) is 5.82 Å². The van der Waals surface area contributed by atoms with E-state index in [1.165, 1.54) is 11.3 Å². The number of nitrogens with one attached hydrogen (secondary N) is 3. The number of anilines is 2. The Hall–Kier alpha value is -2.87. The lowest BCUT2D eigenvalue weighted by molar-refractivity contribution is 0.251. The number of aromatic nitrogens is 3. The predicted molar refractivity (Wildman–Crippen MR) is 95.8 cm³/mol. The molecule has 124 valence electrons. The van der Waals surface area contributed by atoms with Crippen molar-refractivity contribution in [3.8, 4) is 5.69 Å². The lowest BCUT2D eigenvalue weighted by Gasteiger charge is -2.11. The quantitative estimate of drug-likeness (QED) is 0.665. The van der Waals surface area contributed by atoms with Crippen molar-refractivity contribution in [1.82, 2.24) is 20.1 Å². The molecule has 3 aromatic rings. The van der Waals surface area contributed by atoms with E-state index in [2.05, 4.69) is 26.0 Å². The third kappa shape index (κ3) is 3.54. The van der Waals surface area contributed by atoms with Crippen molar-refractivity contribution in [2.24, 2.45) is 0 Å². The topological polar surface area (TPSA) is 83.9 Å². The standard InChI is InChI=1S/C16H18N6OS/c1-11-5-3-4-6-13(11)22-14(7-8-19-22)21-15(23)18-9-12-10-24-16(17-2)20-12/h3-8,10H,9H2,1-2H3,(H,17,20)(H2,18,21,23). The maximum Gasteiger partial charge on any atom is 0.320 e. The molecule has 3 rings (SSSR count). The Morgan fingerprint density at radius 2 is 2.12 bits per heavy atom. The fraction of sp³-hybridized carbons (Fsp3) is 0.188. The molecule has 8 heteroatoms. The third-order valence-corrected chi connectivity index (χ3v) is 4.33. The number of nitrogens with zero attached hydrogens (tertiary/aromatic N) is 3. The van der Waals surface area contributed by atoms with E-state index in [0.29, 0.717) is 12.4 Å². The zero-order valence-corrected chi connectivity index (χ0v) is 14.2. The zero-order chi connectivity index (χ0) is 16.9. The minimum atomic E-state index is -0.302. The summed E-state index contributed by atoms with van der Waals surface area (Å²) >= 11 is 1.50. The monoisotopic (exact) mass is 342 g/mol. The van der Waals surface area contributed by atoms with Gasteiger partial charge in [0, 0.05) is 18.5 Å². The Morgan fingerprint density at radius 1 is 1.29 bits per heavy atom. The second-order valence-electron chi connectivity index (χ2n) is 5.12. The Kier molecular flexibility index (Phi) is 4.76. The van der Waals surface area contributed by atoms with Crippen molar-refractivity contribution in [2.45, 2.75) is 13.5 Å². The van der Waals surface area contributed by atoms with E-state index in [1.54, 1.807) is 16.9 Å². The number of benzene rings is 1. The molecule has 0 unspecified atom stereocenters. The zero-order valence-electron chi connectivity index (χ0n) is 13.4. The molecule has 1 aromatic carbocycles. The van der Waals surface area contributed by atoms with Crippen LogP contribution in [0.25, 0.3) is 5.69 Å². The van der Waals surface area contributed by atoms with Crippen LogP contribution < -0.4 is 16.0 Å². The minimum Gasteiger partial charge on any atom is -0.365 e. The molecule has 0 saturated heterocycles. The number of urea groups is 1. The molecule has 0 aliphatic rings. The van der Waals surface area contributed by atoms with Crippen LogP contribution in [0.5, 0.6) is 0 Å². The number of carbonyl (C=O) groups excluding carboxylic acids is 1. The number of hydrogen-bond donors (Lipinski definition) is 3. The van der Waals surface area contributed by atoms with Crippen LogP contribution in [0.2, 0.25) is 0 Å². The summed E-state index contributed by atoms with van der Waals surface area (Å²) in [5, 5.41) is 15.6. The second kappa shape index (κ2) is 7.14. The van der Waals surface area contributed by atoms with Crippen molar-refractivity contribution in [2.75, 3.05) is 17.7 Å². The van der Waals surface area contributed by atoms with Crippen LogP contribution in [0.3, 0.4) is 0 Å². The molecular weight excluding hydrogens is 324 g/mol. The van der Waals surface area contributed by atoms with Gasteiger partial charge in [-0.25, -0.2) is 14.5 Å². The van der Waals surface area contributed by atoms with Crippen molar-refractivity contribution in [3.05, 3.63) is 53.2 Å². The SMILES string of the molecule is CNc1nc(CNC(=O)Nc2ccnn2-c2ccccc2C)cs1. The Balaban J connectivity index is 1.65. The Labute approximate surface area is 143 Å². The van der Waals surface area contributed by atoms with Gasteiger partial charge in [-0.2, -0.15) is 5.10 Å². The summed E-state index contributed by atoms with van der Waals surface area (Å²) in [6.45, 7) is 2.37. The molecule has 24 heavy (non-hydrogen) atoms. The van der Waals surface area contributed by atoms with Gasteiger partial charge >= 0.3 is 6.03 Å². The fourth-order valence-electron chi connectivity index (χ4n) is 2.23. The van der Waals surface area contributed by atoms with Crippen LogP contribution in [0.1, 0.15) is 11.3 Å². The summed E-state index contributed by atoms with van der Waals surface area (Å²) in [6.07, 6.45) is 1.65. The highest BCUT2D eigenvalue weighted by Gasteiger charge is 2.10.